The molecule has 0 unspecified atom stereocenters. The van der Waals surface area contributed by atoms with Gasteiger partial charge in [-0.05, 0) is 30.3 Å². The van der Waals surface area contributed by atoms with Gasteiger partial charge in [0.2, 0.25) is 0 Å². The molecule has 0 spiro atoms. The molecule has 22 heavy (non-hydrogen) atoms. The van der Waals surface area contributed by atoms with Crippen molar-refractivity contribution in [3.63, 3.8) is 0 Å². The molecule has 0 radical (unpaired) electrons. The zero-order valence-corrected chi connectivity index (χ0v) is 11.4. The van der Waals surface area contributed by atoms with Gasteiger partial charge in [0.25, 0.3) is 0 Å². The van der Waals surface area contributed by atoms with Gasteiger partial charge in [-0.2, -0.15) is 13.2 Å². The van der Waals surface area contributed by atoms with Crippen LogP contribution >= 0.6 is 0 Å². The third-order valence-corrected chi connectivity index (χ3v) is 3.29. The maximum Gasteiger partial charge on any atom is 0.416 e. The molecule has 0 amide bonds. The summed E-state index contributed by atoms with van der Waals surface area (Å²) in [6, 6.07) is 12.1. The number of alkyl halides is 3. The number of fused-ring (bicyclic) bond motifs is 1. The lowest BCUT2D eigenvalue weighted by atomic mass is 10.1. The van der Waals surface area contributed by atoms with E-state index < -0.39 is 11.7 Å². The third kappa shape index (κ3) is 2.67. The highest BCUT2D eigenvalue weighted by Gasteiger charge is 2.30. The SMILES string of the molecule is Nc1cccc2c(Nc3cccc(C(F)(F)F)c3)nccc12. The second-order valence-corrected chi connectivity index (χ2v) is 4.81. The predicted molar refractivity (Wildman–Crippen MR) is 80.9 cm³/mol. The lowest BCUT2D eigenvalue weighted by molar-refractivity contribution is -0.137. The van der Waals surface area contributed by atoms with Crippen molar-refractivity contribution in [2.24, 2.45) is 0 Å². The highest BCUT2D eigenvalue weighted by Crippen LogP contribution is 2.32. The standard InChI is InChI=1S/C16H12F3N3/c17-16(18,19)10-3-1-4-11(9-10)22-15-13-5-2-6-14(20)12(13)7-8-21-15/h1-9H,20H2,(H,21,22). The molecule has 0 bridgehead atoms. The first-order chi connectivity index (χ1) is 10.4. The number of benzene rings is 2. The summed E-state index contributed by atoms with van der Waals surface area (Å²) < 4.78 is 38.3. The molecule has 0 aliphatic rings. The maximum atomic E-state index is 12.8. The fourth-order valence-corrected chi connectivity index (χ4v) is 2.24. The number of nitrogens with zero attached hydrogens (tertiary/aromatic N) is 1. The molecular weight excluding hydrogens is 291 g/mol. The first kappa shape index (κ1) is 14.2. The molecule has 0 saturated carbocycles. The summed E-state index contributed by atoms with van der Waals surface area (Å²) >= 11 is 0. The van der Waals surface area contributed by atoms with Gasteiger partial charge in [0.1, 0.15) is 5.82 Å². The maximum absolute atomic E-state index is 12.8. The van der Waals surface area contributed by atoms with E-state index in [4.69, 9.17) is 5.73 Å². The van der Waals surface area contributed by atoms with E-state index in [1.54, 1.807) is 30.5 Å². The Morgan fingerprint density at radius 3 is 2.50 bits per heavy atom. The second-order valence-electron chi connectivity index (χ2n) is 4.81. The number of aromatic nitrogens is 1. The minimum atomic E-state index is -4.38. The molecule has 0 atom stereocenters. The van der Waals surface area contributed by atoms with Gasteiger partial charge < -0.3 is 11.1 Å². The lowest BCUT2D eigenvalue weighted by Gasteiger charge is -2.12. The number of rotatable bonds is 2. The summed E-state index contributed by atoms with van der Waals surface area (Å²) in [4.78, 5) is 4.19. The van der Waals surface area contributed by atoms with Crippen LogP contribution in [0.1, 0.15) is 5.56 Å². The molecule has 3 aromatic rings. The molecule has 112 valence electrons. The smallest absolute Gasteiger partial charge is 0.398 e. The van der Waals surface area contributed by atoms with Crippen LogP contribution in [0.25, 0.3) is 10.8 Å². The Labute approximate surface area is 124 Å². The number of hydrogen-bond donors (Lipinski definition) is 2. The average molecular weight is 303 g/mol. The molecular formula is C16H12F3N3. The molecule has 2 aromatic carbocycles. The van der Waals surface area contributed by atoms with Crippen LogP contribution in [-0.2, 0) is 6.18 Å². The van der Waals surface area contributed by atoms with Gasteiger partial charge in [-0.1, -0.05) is 18.2 Å². The number of hydrogen-bond acceptors (Lipinski definition) is 3. The number of nitrogens with one attached hydrogen (secondary N) is 1. The van der Waals surface area contributed by atoms with Crippen molar-refractivity contribution in [1.29, 1.82) is 0 Å². The molecule has 0 fully saturated rings. The highest BCUT2D eigenvalue weighted by molar-refractivity contribution is 5.99. The summed E-state index contributed by atoms with van der Waals surface area (Å²) in [5, 5.41) is 4.47. The number of halogens is 3. The van der Waals surface area contributed by atoms with Crippen molar-refractivity contribution >= 4 is 28.0 Å². The van der Waals surface area contributed by atoms with E-state index in [1.807, 2.05) is 6.07 Å². The van der Waals surface area contributed by atoms with Crippen LogP contribution in [-0.4, -0.2) is 4.98 Å². The molecule has 6 heteroatoms. The van der Waals surface area contributed by atoms with E-state index in [-0.39, 0.29) is 0 Å². The third-order valence-electron chi connectivity index (χ3n) is 3.29. The zero-order chi connectivity index (χ0) is 15.7. The summed E-state index contributed by atoms with van der Waals surface area (Å²) in [5.74, 6) is 0.462. The summed E-state index contributed by atoms with van der Waals surface area (Å²) in [6.07, 6.45) is -2.82. The topological polar surface area (TPSA) is 50.9 Å². The van der Waals surface area contributed by atoms with Crippen molar-refractivity contribution in [3.05, 3.63) is 60.3 Å². The normalized spacial score (nSPS) is 11.6. The van der Waals surface area contributed by atoms with E-state index in [2.05, 4.69) is 10.3 Å². The van der Waals surface area contributed by atoms with E-state index in [1.165, 1.54) is 6.07 Å². The van der Waals surface area contributed by atoms with Crippen molar-refractivity contribution in [2.75, 3.05) is 11.1 Å². The van der Waals surface area contributed by atoms with E-state index >= 15 is 0 Å². The van der Waals surface area contributed by atoms with Crippen molar-refractivity contribution < 1.29 is 13.2 Å². The molecule has 1 heterocycles. The van der Waals surface area contributed by atoms with Crippen LogP contribution in [0.2, 0.25) is 0 Å². The van der Waals surface area contributed by atoms with E-state index in [9.17, 15) is 13.2 Å². The van der Waals surface area contributed by atoms with E-state index in [0.717, 1.165) is 22.9 Å². The first-order valence-electron chi connectivity index (χ1n) is 6.52. The quantitative estimate of drug-likeness (QED) is 0.681. The molecule has 1 aromatic heterocycles. The molecule has 3 N–H and O–H groups in total. The Bertz CT molecular complexity index is 828. The summed E-state index contributed by atoms with van der Waals surface area (Å²) in [7, 11) is 0. The molecule has 0 aliphatic carbocycles. The van der Waals surface area contributed by atoms with Crippen LogP contribution < -0.4 is 11.1 Å². The van der Waals surface area contributed by atoms with Gasteiger partial charge in [-0.25, -0.2) is 4.98 Å². The molecule has 0 aliphatic heterocycles. The van der Waals surface area contributed by atoms with Gasteiger partial charge in [-0.3, -0.25) is 0 Å². The van der Waals surface area contributed by atoms with Crippen molar-refractivity contribution in [2.45, 2.75) is 6.18 Å². The fraction of sp³-hybridized carbons (Fsp3) is 0.0625. The van der Waals surface area contributed by atoms with Crippen LogP contribution in [0.15, 0.2) is 54.7 Å². The Balaban J connectivity index is 2.02. The Kier molecular flexibility index (Phi) is 3.36. The van der Waals surface area contributed by atoms with E-state index in [0.29, 0.717) is 17.2 Å². The summed E-state index contributed by atoms with van der Waals surface area (Å²) in [5.41, 5.74) is 6.09. The van der Waals surface area contributed by atoms with Crippen molar-refractivity contribution in [3.8, 4) is 0 Å². The lowest BCUT2D eigenvalue weighted by Crippen LogP contribution is -2.05. The fourth-order valence-electron chi connectivity index (χ4n) is 2.24. The van der Waals surface area contributed by atoms with Gasteiger partial charge in [0.05, 0.1) is 5.56 Å². The highest BCUT2D eigenvalue weighted by atomic mass is 19.4. The zero-order valence-electron chi connectivity index (χ0n) is 11.4. The van der Waals surface area contributed by atoms with Crippen LogP contribution in [0.3, 0.4) is 0 Å². The first-order valence-corrected chi connectivity index (χ1v) is 6.52. The monoisotopic (exact) mass is 303 g/mol. The Hall–Kier alpha value is -2.76. The van der Waals surface area contributed by atoms with Gasteiger partial charge in [-0.15, -0.1) is 0 Å². The predicted octanol–water partition coefficient (Wildman–Crippen LogP) is 4.58. The Morgan fingerprint density at radius 2 is 1.73 bits per heavy atom. The molecule has 3 nitrogen and oxygen atoms in total. The molecule has 3 rings (SSSR count). The largest absolute Gasteiger partial charge is 0.416 e. The number of nitrogens with two attached hydrogens (primary N) is 1. The van der Waals surface area contributed by atoms with Gasteiger partial charge in [0.15, 0.2) is 0 Å². The number of pyridine rings is 1. The molecule has 0 saturated heterocycles. The van der Waals surface area contributed by atoms with Crippen molar-refractivity contribution in [1.82, 2.24) is 4.98 Å². The minimum absolute atomic E-state index is 0.317. The summed E-state index contributed by atoms with van der Waals surface area (Å²) in [6.45, 7) is 0. The Morgan fingerprint density at radius 1 is 0.955 bits per heavy atom. The van der Waals surface area contributed by atoms with Crippen LogP contribution in [0, 0.1) is 0 Å². The average Bonchev–Trinajstić information content (AvgIpc) is 2.48. The minimum Gasteiger partial charge on any atom is -0.398 e. The second kappa shape index (κ2) is 5.22. The van der Waals surface area contributed by atoms with Gasteiger partial charge >= 0.3 is 6.18 Å². The number of anilines is 3. The van der Waals surface area contributed by atoms with Crippen LogP contribution in [0.5, 0.6) is 0 Å². The number of nitrogen functional groups attached to an aromatic ring is 1. The van der Waals surface area contributed by atoms with Gasteiger partial charge in [0, 0.05) is 28.3 Å². The van der Waals surface area contributed by atoms with Crippen LogP contribution in [0.4, 0.5) is 30.4 Å².